The highest BCUT2D eigenvalue weighted by Gasteiger charge is 2.15. The molecule has 1 N–H and O–H groups in total. The first-order valence-electron chi connectivity index (χ1n) is 5.39. The average Bonchev–Trinajstić information content (AvgIpc) is 2.04. The number of hydrogen-bond acceptors (Lipinski definition) is 1. The molecule has 0 saturated heterocycles. The van der Waals surface area contributed by atoms with Gasteiger partial charge in [-0.3, -0.25) is 0 Å². The molecule has 1 atom stereocenters. The fourth-order valence-electron chi connectivity index (χ4n) is 0.962. The molecule has 0 aliphatic rings. The van der Waals surface area contributed by atoms with Gasteiger partial charge >= 0.3 is 0 Å². The van der Waals surface area contributed by atoms with Gasteiger partial charge in [0.05, 0.1) is 0 Å². The molecule has 0 fully saturated rings. The lowest BCUT2D eigenvalue weighted by molar-refractivity contribution is 0.313. The summed E-state index contributed by atoms with van der Waals surface area (Å²) >= 11 is 0. The standard InChI is InChI=1S/C12H26N/c1-7-12(5,6)9-13-8-11(4)10(2)3/h10-11,13H,1,7-9H2,2-6H3. The molecule has 0 amide bonds. The Balaban J connectivity index is 3.56. The summed E-state index contributed by atoms with van der Waals surface area (Å²) < 4.78 is 0. The van der Waals surface area contributed by atoms with Gasteiger partial charge in [-0.2, -0.15) is 0 Å². The molecule has 0 aliphatic heterocycles. The van der Waals surface area contributed by atoms with Crippen LogP contribution in [0.5, 0.6) is 0 Å². The van der Waals surface area contributed by atoms with E-state index in [4.69, 9.17) is 0 Å². The molecule has 0 aromatic carbocycles. The molecule has 0 rings (SSSR count). The fraction of sp³-hybridized carbons (Fsp3) is 0.917. The van der Waals surface area contributed by atoms with Gasteiger partial charge < -0.3 is 5.32 Å². The van der Waals surface area contributed by atoms with Crippen molar-refractivity contribution in [2.45, 2.75) is 41.0 Å². The minimum absolute atomic E-state index is 0.344. The van der Waals surface area contributed by atoms with Crippen molar-refractivity contribution in [1.29, 1.82) is 0 Å². The topological polar surface area (TPSA) is 12.0 Å². The Labute approximate surface area is 84.3 Å². The van der Waals surface area contributed by atoms with E-state index in [9.17, 15) is 0 Å². The summed E-state index contributed by atoms with van der Waals surface area (Å²) in [6, 6.07) is 0. The van der Waals surface area contributed by atoms with Crippen molar-refractivity contribution in [3.05, 3.63) is 6.92 Å². The molecule has 13 heavy (non-hydrogen) atoms. The quantitative estimate of drug-likeness (QED) is 0.669. The van der Waals surface area contributed by atoms with Crippen LogP contribution in [0.2, 0.25) is 0 Å². The van der Waals surface area contributed by atoms with E-state index in [0.717, 1.165) is 31.3 Å². The highest BCUT2D eigenvalue weighted by Crippen LogP contribution is 2.17. The van der Waals surface area contributed by atoms with E-state index >= 15 is 0 Å². The van der Waals surface area contributed by atoms with Crippen molar-refractivity contribution >= 4 is 0 Å². The molecule has 1 unspecified atom stereocenters. The first-order valence-corrected chi connectivity index (χ1v) is 5.39. The second-order valence-electron chi connectivity index (χ2n) is 5.27. The third-order valence-corrected chi connectivity index (χ3v) is 2.88. The summed E-state index contributed by atoms with van der Waals surface area (Å²) in [5.74, 6) is 1.54. The summed E-state index contributed by atoms with van der Waals surface area (Å²) in [7, 11) is 0. The molecule has 0 saturated carbocycles. The van der Waals surface area contributed by atoms with Gasteiger partial charge in [-0.25, -0.2) is 0 Å². The Bertz CT molecular complexity index is 127. The lowest BCUT2D eigenvalue weighted by Crippen LogP contribution is -2.33. The van der Waals surface area contributed by atoms with Crippen LogP contribution < -0.4 is 5.32 Å². The normalized spacial score (nSPS) is 15.0. The third kappa shape index (κ3) is 6.09. The number of rotatable bonds is 6. The van der Waals surface area contributed by atoms with Gasteiger partial charge in [0.15, 0.2) is 0 Å². The van der Waals surface area contributed by atoms with Gasteiger partial charge in [-0.05, 0) is 30.2 Å². The van der Waals surface area contributed by atoms with Crippen LogP contribution in [-0.4, -0.2) is 13.1 Å². The minimum Gasteiger partial charge on any atom is -0.316 e. The molecule has 0 aliphatic carbocycles. The second-order valence-corrected chi connectivity index (χ2v) is 5.27. The molecule has 1 radical (unpaired) electrons. The summed E-state index contributed by atoms with van der Waals surface area (Å²) in [6.07, 6.45) is 0.996. The van der Waals surface area contributed by atoms with E-state index in [-0.39, 0.29) is 0 Å². The molecular formula is C12H26N. The maximum atomic E-state index is 3.95. The van der Waals surface area contributed by atoms with E-state index in [2.05, 4.69) is 46.9 Å². The molecule has 0 aromatic rings. The summed E-state index contributed by atoms with van der Waals surface area (Å²) in [5.41, 5.74) is 0.344. The van der Waals surface area contributed by atoms with E-state index in [0.29, 0.717) is 5.41 Å². The maximum Gasteiger partial charge on any atom is 0.000263 e. The molecular weight excluding hydrogens is 158 g/mol. The molecule has 1 nitrogen and oxygen atoms in total. The van der Waals surface area contributed by atoms with Crippen molar-refractivity contribution in [2.24, 2.45) is 17.3 Å². The fourth-order valence-corrected chi connectivity index (χ4v) is 0.962. The Morgan fingerprint density at radius 1 is 1.23 bits per heavy atom. The molecule has 0 bridgehead atoms. The summed E-state index contributed by atoms with van der Waals surface area (Å²) in [4.78, 5) is 0. The van der Waals surface area contributed by atoms with Crippen LogP contribution in [0.1, 0.15) is 41.0 Å². The molecule has 0 heterocycles. The molecule has 1 heteroatoms. The van der Waals surface area contributed by atoms with Crippen molar-refractivity contribution < 1.29 is 0 Å². The Morgan fingerprint density at radius 2 is 1.77 bits per heavy atom. The van der Waals surface area contributed by atoms with E-state index < -0.39 is 0 Å². The minimum atomic E-state index is 0.344. The van der Waals surface area contributed by atoms with Gasteiger partial charge in [0.25, 0.3) is 0 Å². The number of nitrogens with one attached hydrogen (secondary N) is 1. The molecule has 0 aromatic heterocycles. The van der Waals surface area contributed by atoms with Gasteiger partial charge in [0.1, 0.15) is 0 Å². The van der Waals surface area contributed by atoms with Crippen LogP contribution in [0.3, 0.4) is 0 Å². The average molecular weight is 184 g/mol. The van der Waals surface area contributed by atoms with Crippen LogP contribution in [-0.2, 0) is 0 Å². The van der Waals surface area contributed by atoms with Crippen LogP contribution in [0.4, 0.5) is 0 Å². The van der Waals surface area contributed by atoms with Gasteiger partial charge in [-0.15, -0.1) is 0 Å². The second kappa shape index (κ2) is 5.64. The predicted molar refractivity (Wildman–Crippen MR) is 60.6 cm³/mol. The van der Waals surface area contributed by atoms with Gasteiger partial charge in [0.2, 0.25) is 0 Å². The SMILES string of the molecule is [CH2]CC(C)(C)CNCC(C)C(C)C. The van der Waals surface area contributed by atoms with Crippen LogP contribution in [0.15, 0.2) is 0 Å². The van der Waals surface area contributed by atoms with E-state index in [1.54, 1.807) is 0 Å². The van der Waals surface area contributed by atoms with Crippen molar-refractivity contribution in [1.82, 2.24) is 5.32 Å². The first kappa shape index (κ1) is 13.0. The van der Waals surface area contributed by atoms with E-state index in [1.807, 2.05) is 0 Å². The largest absolute Gasteiger partial charge is 0.316 e. The Morgan fingerprint density at radius 3 is 2.15 bits per heavy atom. The first-order chi connectivity index (χ1) is 5.89. The van der Waals surface area contributed by atoms with Crippen LogP contribution >= 0.6 is 0 Å². The zero-order valence-electron chi connectivity index (χ0n) is 9.98. The number of hydrogen-bond donors (Lipinski definition) is 1. The van der Waals surface area contributed by atoms with Gasteiger partial charge in [0, 0.05) is 6.54 Å². The smallest absolute Gasteiger partial charge is 0.000263 e. The lowest BCUT2D eigenvalue weighted by atomic mass is 9.90. The highest BCUT2D eigenvalue weighted by molar-refractivity contribution is 4.73. The molecule has 79 valence electrons. The Hall–Kier alpha value is -0.0400. The summed E-state index contributed by atoms with van der Waals surface area (Å²) in [5, 5.41) is 3.52. The maximum absolute atomic E-state index is 3.95. The van der Waals surface area contributed by atoms with Crippen LogP contribution in [0, 0.1) is 24.2 Å². The molecule has 0 spiro atoms. The summed E-state index contributed by atoms with van der Waals surface area (Å²) in [6.45, 7) is 17.5. The van der Waals surface area contributed by atoms with E-state index in [1.165, 1.54) is 0 Å². The van der Waals surface area contributed by atoms with Crippen molar-refractivity contribution in [3.8, 4) is 0 Å². The Kier molecular flexibility index (Phi) is 5.62. The van der Waals surface area contributed by atoms with Gasteiger partial charge in [-0.1, -0.05) is 41.5 Å². The third-order valence-electron chi connectivity index (χ3n) is 2.88. The predicted octanol–water partition coefficient (Wildman–Crippen LogP) is 3.12. The highest BCUT2D eigenvalue weighted by atomic mass is 14.9. The van der Waals surface area contributed by atoms with Crippen LogP contribution in [0.25, 0.3) is 0 Å². The zero-order chi connectivity index (χ0) is 10.5. The monoisotopic (exact) mass is 184 g/mol. The van der Waals surface area contributed by atoms with Crippen molar-refractivity contribution in [3.63, 3.8) is 0 Å². The lowest BCUT2D eigenvalue weighted by Gasteiger charge is -2.25. The van der Waals surface area contributed by atoms with Crippen molar-refractivity contribution in [2.75, 3.05) is 13.1 Å². The zero-order valence-corrected chi connectivity index (χ0v) is 9.98.